The molecule has 0 aliphatic heterocycles. The highest BCUT2D eigenvalue weighted by Gasteiger charge is 2.10. The van der Waals surface area contributed by atoms with Crippen LogP contribution in [-0.4, -0.2) is 17.6 Å². The van der Waals surface area contributed by atoms with Crippen LogP contribution in [0.15, 0.2) is 48.5 Å². The number of benzene rings is 2. The zero-order chi connectivity index (χ0) is 17.5. The Morgan fingerprint density at radius 1 is 0.917 bits per heavy atom. The number of carbonyl (C=O) groups excluding carboxylic acids is 3. The van der Waals surface area contributed by atoms with Crippen LogP contribution in [0.4, 0.5) is 5.69 Å². The van der Waals surface area contributed by atoms with E-state index in [2.05, 4.69) is 10.6 Å². The molecule has 2 rings (SSSR count). The lowest BCUT2D eigenvalue weighted by Gasteiger charge is -2.07. The molecule has 2 aromatic carbocycles. The van der Waals surface area contributed by atoms with Crippen LogP contribution in [-0.2, 0) is 16.1 Å². The number of nitrogens with one attached hydrogen (secondary N) is 2. The van der Waals surface area contributed by atoms with Crippen LogP contribution < -0.4 is 10.6 Å². The van der Waals surface area contributed by atoms with Crippen molar-refractivity contribution >= 4 is 34.9 Å². The number of hydrogen-bond acceptors (Lipinski definition) is 3. The molecule has 0 aliphatic rings. The van der Waals surface area contributed by atoms with Crippen LogP contribution in [0.3, 0.4) is 0 Å². The molecular formula is C18H17ClN2O3. The van der Waals surface area contributed by atoms with Crippen LogP contribution in [0.2, 0.25) is 5.02 Å². The van der Waals surface area contributed by atoms with E-state index in [9.17, 15) is 14.4 Å². The Morgan fingerprint density at radius 2 is 1.54 bits per heavy atom. The molecule has 0 heterocycles. The number of halogens is 1. The van der Waals surface area contributed by atoms with E-state index < -0.39 is 5.91 Å². The van der Waals surface area contributed by atoms with E-state index in [1.54, 1.807) is 48.5 Å². The fraction of sp³-hybridized carbons (Fsp3) is 0.167. The van der Waals surface area contributed by atoms with Crippen LogP contribution >= 0.6 is 11.6 Å². The second kappa shape index (κ2) is 8.26. The highest BCUT2D eigenvalue weighted by molar-refractivity contribution is 6.30. The summed E-state index contributed by atoms with van der Waals surface area (Å²) in [5, 5.41) is 5.91. The lowest BCUT2D eigenvalue weighted by atomic mass is 10.1. The average molecular weight is 345 g/mol. The summed E-state index contributed by atoms with van der Waals surface area (Å²) in [6.07, 6.45) is -0.276. The Morgan fingerprint density at radius 3 is 2.12 bits per heavy atom. The second-order valence-corrected chi connectivity index (χ2v) is 5.70. The molecule has 0 fully saturated rings. The number of hydrogen-bond donors (Lipinski definition) is 2. The van der Waals surface area contributed by atoms with Crippen molar-refractivity contribution in [2.24, 2.45) is 0 Å². The summed E-state index contributed by atoms with van der Waals surface area (Å²) in [6.45, 7) is 1.80. The molecule has 5 nitrogen and oxygen atoms in total. The van der Waals surface area contributed by atoms with Crippen molar-refractivity contribution in [1.82, 2.24) is 5.32 Å². The molecule has 0 aromatic heterocycles. The monoisotopic (exact) mass is 344 g/mol. The maximum Gasteiger partial charge on any atom is 0.233 e. The molecule has 2 aromatic rings. The average Bonchev–Trinajstić information content (AvgIpc) is 2.54. The number of amides is 2. The molecule has 0 atom stereocenters. The lowest BCUT2D eigenvalue weighted by Crippen LogP contribution is -2.27. The van der Waals surface area contributed by atoms with Gasteiger partial charge in [-0.3, -0.25) is 14.4 Å². The van der Waals surface area contributed by atoms with Crippen molar-refractivity contribution in [2.75, 3.05) is 5.32 Å². The van der Waals surface area contributed by atoms with Crippen LogP contribution in [0.5, 0.6) is 0 Å². The lowest BCUT2D eigenvalue weighted by molar-refractivity contribution is -0.126. The third-order valence-corrected chi connectivity index (χ3v) is 3.55. The normalized spacial score (nSPS) is 10.1. The summed E-state index contributed by atoms with van der Waals surface area (Å²) in [5.74, 6) is -0.837. The quantitative estimate of drug-likeness (QED) is 0.624. The van der Waals surface area contributed by atoms with Crippen LogP contribution in [0, 0.1) is 0 Å². The summed E-state index contributed by atoms with van der Waals surface area (Å²) in [7, 11) is 0. The molecule has 24 heavy (non-hydrogen) atoms. The Kier molecular flexibility index (Phi) is 6.09. The fourth-order valence-electron chi connectivity index (χ4n) is 2.00. The summed E-state index contributed by atoms with van der Waals surface area (Å²) in [4.78, 5) is 34.8. The predicted octanol–water partition coefficient (Wildman–Crippen LogP) is 3.19. The maximum absolute atomic E-state index is 11.8. The van der Waals surface area contributed by atoms with E-state index in [1.165, 1.54) is 6.92 Å². The largest absolute Gasteiger partial charge is 0.352 e. The highest BCUT2D eigenvalue weighted by Crippen LogP contribution is 2.11. The van der Waals surface area contributed by atoms with Gasteiger partial charge in [0.1, 0.15) is 6.42 Å². The van der Waals surface area contributed by atoms with E-state index in [1.807, 2.05) is 0 Å². The summed E-state index contributed by atoms with van der Waals surface area (Å²) in [6, 6.07) is 13.6. The van der Waals surface area contributed by atoms with Gasteiger partial charge in [0.15, 0.2) is 5.78 Å². The molecule has 2 N–H and O–H groups in total. The second-order valence-electron chi connectivity index (χ2n) is 5.26. The van der Waals surface area contributed by atoms with Gasteiger partial charge in [-0.05, 0) is 48.9 Å². The molecular weight excluding hydrogens is 328 g/mol. The minimum Gasteiger partial charge on any atom is -0.352 e. The van der Waals surface area contributed by atoms with Gasteiger partial charge in [-0.1, -0.05) is 23.7 Å². The number of rotatable bonds is 6. The van der Waals surface area contributed by atoms with Crippen molar-refractivity contribution in [3.8, 4) is 0 Å². The van der Waals surface area contributed by atoms with E-state index in [-0.39, 0.29) is 18.1 Å². The standard InChI is InChI=1S/C18H17ClN2O3/c1-12(22)14-4-8-16(9-5-14)21-18(24)10-17(23)20-11-13-2-6-15(19)7-3-13/h2-9H,10-11H2,1H3,(H,20,23)(H,21,24). The van der Waals surface area contributed by atoms with E-state index in [0.29, 0.717) is 22.8 Å². The number of ketones is 1. The Balaban J connectivity index is 1.79. The molecule has 0 aliphatic carbocycles. The van der Waals surface area contributed by atoms with Gasteiger partial charge in [0.2, 0.25) is 11.8 Å². The molecule has 0 spiro atoms. The minimum atomic E-state index is -0.417. The first kappa shape index (κ1) is 17.7. The zero-order valence-electron chi connectivity index (χ0n) is 13.1. The van der Waals surface area contributed by atoms with Gasteiger partial charge in [-0.25, -0.2) is 0 Å². The van der Waals surface area contributed by atoms with Gasteiger partial charge < -0.3 is 10.6 Å². The van der Waals surface area contributed by atoms with Crippen molar-refractivity contribution < 1.29 is 14.4 Å². The van der Waals surface area contributed by atoms with Gasteiger partial charge in [0.25, 0.3) is 0 Å². The van der Waals surface area contributed by atoms with Crippen molar-refractivity contribution in [1.29, 1.82) is 0 Å². The number of Topliss-reactive ketones (excluding diaryl/α,β-unsaturated/α-hetero) is 1. The van der Waals surface area contributed by atoms with Gasteiger partial charge in [-0.15, -0.1) is 0 Å². The first-order valence-corrected chi connectivity index (χ1v) is 7.74. The molecule has 2 amide bonds. The highest BCUT2D eigenvalue weighted by atomic mass is 35.5. The predicted molar refractivity (Wildman–Crippen MR) is 93.0 cm³/mol. The topological polar surface area (TPSA) is 75.3 Å². The van der Waals surface area contributed by atoms with Crippen molar-refractivity contribution in [3.05, 3.63) is 64.7 Å². The Bertz CT molecular complexity index is 740. The van der Waals surface area contributed by atoms with Gasteiger partial charge in [-0.2, -0.15) is 0 Å². The van der Waals surface area contributed by atoms with E-state index in [0.717, 1.165) is 5.56 Å². The minimum absolute atomic E-state index is 0.0468. The first-order valence-electron chi connectivity index (χ1n) is 7.36. The molecule has 0 radical (unpaired) electrons. The molecule has 6 heteroatoms. The maximum atomic E-state index is 11.8. The summed E-state index contributed by atoms with van der Waals surface area (Å²) >= 11 is 5.79. The SMILES string of the molecule is CC(=O)c1ccc(NC(=O)CC(=O)NCc2ccc(Cl)cc2)cc1. The molecule has 0 unspecified atom stereocenters. The van der Waals surface area contributed by atoms with E-state index in [4.69, 9.17) is 11.6 Å². The molecule has 0 bridgehead atoms. The van der Waals surface area contributed by atoms with E-state index >= 15 is 0 Å². The van der Waals surface area contributed by atoms with Gasteiger partial charge >= 0.3 is 0 Å². The van der Waals surface area contributed by atoms with Crippen molar-refractivity contribution in [3.63, 3.8) is 0 Å². The van der Waals surface area contributed by atoms with Crippen molar-refractivity contribution in [2.45, 2.75) is 19.9 Å². The summed E-state index contributed by atoms with van der Waals surface area (Å²) in [5.41, 5.74) is 2.00. The summed E-state index contributed by atoms with van der Waals surface area (Å²) < 4.78 is 0. The van der Waals surface area contributed by atoms with Crippen LogP contribution in [0.25, 0.3) is 0 Å². The Hall–Kier alpha value is -2.66. The first-order chi connectivity index (χ1) is 11.4. The number of anilines is 1. The fourth-order valence-corrected chi connectivity index (χ4v) is 2.13. The van der Waals surface area contributed by atoms with Crippen LogP contribution in [0.1, 0.15) is 29.3 Å². The Labute approximate surface area is 145 Å². The molecule has 0 saturated carbocycles. The molecule has 0 saturated heterocycles. The smallest absolute Gasteiger partial charge is 0.233 e. The third kappa shape index (κ3) is 5.52. The third-order valence-electron chi connectivity index (χ3n) is 3.30. The van der Waals surface area contributed by atoms with Gasteiger partial charge in [0, 0.05) is 22.8 Å². The number of carbonyl (C=O) groups is 3. The molecule has 124 valence electrons. The zero-order valence-corrected chi connectivity index (χ0v) is 13.9. The van der Waals surface area contributed by atoms with Gasteiger partial charge in [0.05, 0.1) is 0 Å².